The number of nitrogens with one attached hydrogen (secondary N) is 1. The van der Waals surface area contributed by atoms with Crippen LogP contribution in [0.15, 0.2) is 30.3 Å². The third-order valence-corrected chi connectivity index (χ3v) is 4.79. The third kappa shape index (κ3) is 4.98. The number of hydrogen-bond acceptors (Lipinski definition) is 5. The highest BCUT2D eigenvalue weighted by atomic mass is 32.2. The molecule has 1 N–H and O–H groups in total. The number of hydrogen-bond donors (Lipinski definition) is 1. The number of amides is 1. The van der Waals surface area contributed by atoms with Crippen molar-refractivity contribution in [1.29, 1.82) is 0 Å². The first-order valence-corrected chi connectivity index (χ1v) is 9.80. The average molecular weight is 350 g/mol. The molecule has 132 valence electrons. The zero-order chi connectivity index (χ0) is 17.4. The van der Waals surface area contributed by atoms with Gasteiger partial charge in [-0.3, -0.25) is 4.79 Å². The van der Waals surface area contributed by atoms with E-state index in [0.29, 0.717) is 26.1 Å². The van der Waals surface area contributed by atoms with E-state index in [1.54, 1.807) is 23.6 Å². The van der Waals surface area contributed by atoms with E-state index >= 15 is 0 Å². The maximum atomic E-state index is 12.8. The molecule has 0 bridgehead atoms. The predicted molar refractivity (Wildman–Crippen MR) is 97.1 cm³/mol. The van der Waals surface area contributed by atoms with E-state index in [4.69, 9.17) is 4.74 Å². The van der Waals surface area contributed by atoms with Crippen LogP contribution in [0.1, 0.15) is 18.9 Å². The first-order valence-electron chi connectivity index (χ1n) is 8.40. The molecule has 0 radical (unpaired) electrons. The Morgan fingerprint density at radius 3 is 2.83 bits per heavy atom. The molecule has 1 aromatic rings. The Morgan fingerprint density at radius 1 is 1.42 bits per heavy atom. The Kier molecular flexibility index (Phi) is 7.59. The molecule has 0 spiro atoms. The van der Waals surface area contributed by atoms with Gasteiger partial charge in [0.05, 0.1) is 12.6 Å². The Balaban J connectivity index is 2.15. The molecule has 1 heterocycles. The molecule has 0 unspecified atom stereocenters. The van der Waals surface area contributed by atoms with Crippen molar-refractivity contribution in [2.45, 2.75) is 31.8 Å². The summed E-state index contributed by atoms with van der Waals surface area (Å²) >= 11 is 1.72. The van der Waals surface area contributed by atoms with E-state index in [9.17, 15) is 9.59 Å². The largest absolute Gasteiger partial charge is 0.464 e. The van der Waals surface area contributed by atoms with Gasteiger partial charge in [0.2, 0.25) is 5.91 Å². The molecule has 2 rings (SSSR count). The molecule has 5 nitrogen and oxygen atoms in total. The first kappa shape index (κ1) is 18.8. The molecular weight excluding hydrogens is 324 g/mol. The van der Waals surface area contributed by atoms with Gasteiger partial charge in [0.1, 0.15) is 6.04 Å². The molecule has 1 amide bonds. The van der Waals surface area contributed by atoms with Crippen molar-refractivity contribution in [2.24, 2.45) is 0 Å². The predicted octanol–water partition coefficient (Wildman–Crippen LogP) is 1.71. The van der Waals surface area contributed by atoms with E-state index in [0.717, 1.165) is 17.7 Å². The molecule has 0 aliphatic carbocycles. The monoisotopic (exact) mass is 350 g/mol. The van der Waals surface area contributed by atoms with Crippen LogP contribution in [0.2, 0.25) is 0 Å². The molecule has 1 saturated heterocycles. The zero-order valence-electron chi connectivity index (χ0n) is 14.4. The lowest BCUT2D eigenvalue weighted by Gasteiger charge is -2.37. The number of rotatable bonds is 8. The van der Waals surface area contributed by atoms with Crippen LogP contribution >= 0.6 is 11.8 Å². The second-order valence-corrected chi connectivity index (χ2v) is 6.76. The fourth-order valence-corrected chi connectivity index (χ4v) is 3.40. The van der Waals surface area contributed by atoms with Crippen LogP contribution in [-0.4, -0.2) is 60.6 Å². The third-order valence-electron chi connectivity index (χ3n) is 4.14. The molecule has 0 aromatic heterocycles. The summed E-state index contributed by atoms with van der Waals surface area (Å²) in [7, 11) is 0. The van der Waals surface area contributed by atoms with Gasteiger partial charge in [-0.2, -0.15) is 11.8 Å². The van der Waals surface area contributed by atoms with Crippen molar-refractivity contribution in [2.75, 3.05) is 31.7 Å². The van der Waals surface area contributed by atoms with Crippen molar-refractivity contribution in [1.82, 2.24) is 10.2 Å². The number of carbonyl (C=O) groups excluding carboxylic acids is 2. The van der Waals surface area contributed by atoms with E-state index in [1.165, 1.54) is 0 Å². The summed E-state index contributed by atoms with van der Waals surface area (Å²) in [5.74, 6) is 0.601. The topological polar surface area (TPSA) is 58.6 Å². The minimum Gasteiger partial charge on any atom is -0.464 e. The van der Waals surface area contributed by atoms with Gasteiger partial charge >= 0.3 is 5.97 Å². The first-order chi connectivity index (χ1) is 11.7. The molecule has 1 aromatic carbocycles. The van der Waals surface area contributed by atoms with Gasteiger partial charge in [-0.15, -0.1) is 0 Å². The second-order valence-electron chi connectivity index (χ2n) is 5.78. The number of nitrogens with zero attached hydrogens (tertiary/aromatic N) is 1. The van der Waals surface area contributed by atoms with Gasteiger partial charge in [0.25, 0.3) is 0 Å². The molecule has 1 aliphatic heterocycles. The maximum absolute atomic E-state index is 12.8. The van der Waals surface area contributed by atoms with Crippen molar-refractivity contribution in [3.8, 4) is 0 Å². The van der Waals surface area contributed by atoms with Crippen LogP contribution in [0.5, 0.6) is 0 Å². The summed E-state index contributed by atoms with van der Waals surface area (Å²) in [6.07, 6.45) is 3.29. The molecular formula is C18H26N2O3S. The number of benzene rings is 1. The van der Waals surface area contributed by atoms with Crippen LogP contribution < -0.4 is 5.32 Å². The van der Waals surface area contributed by atoms with Crippen molar-refractivity contribution in [3.05, 3.63) is 35.9 Å². The van der Waals surface area contributed by atoms with Gasteiger partial charge in [-0.25, -0.2) is 4.79 Å². The number of piperazine rings is 1. The van der Waals surface area contributed by atoms with Crippen molar-refractivity contribution in [3.63, 3.8) is 0 Å². The lowest BCUT2D eigenvalue weighted by atomic mass is 10.0. The lowest BCUT2D eigenvalue weighted by Crippen LogP contribution is -2.60. The highest BCUT2D eigenvalue weighted by molar-refractivity contribution is 7.98. The smallest absolute Gasteiger partial charge is 0.329 e. The van der Waals surface area contributed by atoms with Gasteiger partial charge in [-0.05, 0) is 30.9 Å². The van der Waals surface area contributed by atoms with Crippen LogP contribution in [-0.2, 0) is 20.7 Å². The lowest BCUT2D eigenvalue weighted by molar-refractivity contribution is -0.156. The Morgan fingerprint density at radius 2 is 2.17 bits per heavy atom. The van der Waals surface area contributed by atoms with Gasteiger partial charge in [0.15, 0.2) is 0 Å². The summed E-state index contributed by atoms with van der Waals surface area (Å²) < 4.78 is 5.24. The van der Waals surface area contributed by atoms with Crippen molar-refractivity contribution < 1.29 is 14.3 Å². The van der Waals surface area contributed by atoms with E-state index in [1.807, 2.05) is 36.6 Å². The van der Waals surface area contributed by atoms with Crippen LogP contribution in [0, 0.1) is 0 Å². The summed E-state index contributed by atoms with van der Waals surface area (Å²) in [4.78, 5) is 27.0. The normalized spacial score (nSPS) is 19.2. The summed E-state index contributed by atoms with van der Waals surface area (Å²) in [5.41, 5.74) is 1.03. The summed E-state index contributed by atoms with van der Waals surface area (Å²) in [5, 5.41) is 3.27. The maximum Gasteiger partial charge on any atom is 0.329 e. The fraction of sp³-hybridized carbons (Fsp3) is 0.556. The molecule has 1 aliphatic rings. The number of esters is 1. The van der Waals surface area contributed by atoms with Crippen LogP contribution in [0.25, 0.3) is 0 Å². The van der Waals surface area contributed by atoms with E-state index in [2.05, 4.69) is 5.32 Å². The zero-order valence-corrected chi connectivity index (χ0v) is 15.2. The molecule has 1 fully saturated rings. The Labute approximate surface area is 148 Å². The highest BCUT2D eigenvalue weighted by Crippen LogP contribution is 2.16. The molecule has 2 atom stereocenters. The minimum absolute atomic E-state index is 0.00397. The minimum atomic E-state index is -0.557. The Bertz CT molecular complexity index is 538. The van der Waals surface area contributed by atoms with Gasteiger partial charge in [-0.1, -0.05) is 30.3 Å². The SMILES string of the molecule is CCOC(=O)[C@H](Cc1ccccc1)N1CCN[C@@H](CCSC)C1=O. The van der Waals surface area contributed by atoms with Gasteiger partial charge < -0.3 is 15.0 Å². The fourth-order valence-electron chi connectivity index (χ4n) is 2.92. The number of thioether (sulfide) groups is 1. The summed E-state index contributed by atoms with van der Waals surface area (Å²) in [6, 6.07) is 9.01. The highest BCUT2D eigenvalue weighted by Gasteiger charge is 2.36. The van der Waals surface area contributed by atoms with Gasteiger partial charge in [0, 0.05) is 19.5 Å². The van der Waals surface area contributed by atoms with Crippen LogP contribution in [0.4, 0.5) is 0 Å². The number of carbonyl (C=O) groups is 2. The number of ether oxygens (including phenoxy) is 1. The Hall–Kier alpha value is -1.53. The van der Waals surface area contributed by atoms with Crippen molar-refractivity contribution >= 4 is 23.6 Å². The summed E-state index contributed by atoms with van der Waals surface area (Å²) in [6.45, 7) is 3.35. The second kappa shape index (κ2) is 9.69. The van der Waals surface area contributed by atoms with E-state index < -0.39 is 6.04 Å². The average Bonchev–Trinajstić information content (AvgIpc) is 2.60. The molecule has 6 heteroatoms. The van der Waals surface area contributed by atoms with Crippen LogP contribution in [0.3, 0.4) is 0 Å². The quantitative estimate of drug-likeness (QED) is 0.724. The van der Waals surface area contributed by atoms with E-state index in [-0.39, 0.29) is 17.9 Å². The molecule has 24 heavy (non-hydrogen) atoms. The standard InChI is InChI=1S/C18H26N2O3S/c1-3-23-18(22)16(13-14-7-5-4-6-8-14)20-11-10-19-15(17(20)21)9-12-24-2/h4-8,15-16,19H,3,9-13H2,1-2H3/t15-,16-/m0/s1. The molecule has 0 saturated carbocycles.